The monoisotopic (exact) mass is 395 g/mol. The lowest BCUT2D eigenvalue weighted by Crippen LogP contribution is -2.38. The summed E-state index contributed by atoms with van der Waals surface area (Å²) in [5.41, 5.74) is 2.92. The number of fused-ring (bicyclic) bond motifs is 1. The minimum atomic E-state index is 0.00216. The summed E-state index contributed by atoms with van der Waals surface area (Å²) in [7, 11) is 1.62. The van der Waals surface area contributed by atoms with E-state index in [1.165, 1.54) is 9.71 Å². The van der Waals surface area contributed by atoms with Crippen molar-refractivity contribution in [2.75, 3.05) is 32.1 Å². The van der Waals surface area contributed by atoms with Gasteiger partial charge in [-0.2, -0.15) is 0 Å². The van der Waals surface area contributed by atoms with Gasteiger partial charge < -0.3 is 10.1 Å². The molecule has 0 radical (unpaired) electrons. The average Bonchev–Trinajstić information content (AvgIpc) is 3.13. The molecule has 1 saturated heterocycles. The van der Waals surface area contributed by atoms with Gasteiger partial charge in [0.25, 0.3) is 0 Å². The van der Waals surface area contributed by atoms with E-state index in [4.69, 9.17) is 9.72 Å². The van der Waals surface area contributed by atoms with E-state index in [1.807, 2.05) is 31.2 Å². The molecule has 2 heterocycles. The van der Waals surface area contributed by atoms with Crippen LogP contribution in [0.15, 0.2) is 42.5 Å². The van der Waals surface area contributed by atoms with Gasteiger partial charge in [-0.1, -0.05) is 18.2 Å². The molecule has 28 heavy (non-hydrogen) atoms. The molecule has 146 valence electrons. The van der Waals surface area contributed by atoms with Gasteiger partial charge in [0.1, 0.15) is 5.75 Å². The van der Waals surface area contributed by atoms with E-state index in [2.05, 4.69) is 28.4 Å². The zero-order valence-electron chi connectivity index (χ0n) is 16.3. The first-order valence-electron chi connectivity index (χ1n) is 9.64. The van der Waals surface area contributed by atoms with Gasteiger partial charge in [-0.25, -0.2) is 4.98 Å². The number of para-hydroxylation sites is 1. The standard InChI is InChI=1S/C22H25N3O2S/c1-15-7-8-19(27-2)18(13-15)23-21(26)14-25-11-9-16(10-12-25)22-24-17-5-3-4-6-20(17)28-22/h3-8,13,16H,9-12,14H2,1-2H3,(H,23,26). The van der Waals surface area contributed by atoms with E-state index >= 15 is 0 Å². The number of hydrogen-bond donors (Lipinski definition) is 1. The molecule has 1 amide bonds. The van der Waals surface area contributed by atoms with Gasteiger partial charge in [-0.3, -0.25) is 9.69 Å². The molecule has 1 N–H and O–H groups in total. The Morgan fingerprint density at radius 2 is 2.04 bits per heavy atom. The number of amides is 1. The van der Waals surface area contributed by atoms with Gasteiger partial charge in [0.15, 0.2) is 0 Å². The van der Waals surface area contributed by atoms with Crippen LogP contribution in [0.5, 0.6) is 5.75 Å². The predicted molar refractivity (Wildman–Crippen MR) is 114 cm³/mol. The normalized spacial score (nSPS) is 15.6. The summed E-state index contributed by atoms with van der Waals surface area (Å²) in [6.07, 6.45) is 2.09. The third-order valence-corrected chi connectivity index (χ3v) is 6.44. The minimum Gasteiger partial charge on any atom is -0.495 e. The third kappa shape index (κ3) is 4.18. The number of nitrogens with zero attached hydrogens (tertiary/aromatic N) is 2. The number of rotatable bonds is 5. The topological polar surface area (TPSA) is 54.5 Å². The lowest BCUT2D eigenvalue weighted by molar-refractivity contribution is -0.117. The highest BCUT2D eigenvalue weighted by Gasteiger charge is 2.24. The van der Waals surface area contributed by atoms with E-state index in [1.54, 1.807) is 18.4 Å². The van der Waals surface area contributed by atoms with E-state index in [0.717, 1.165) is 42.7 Å². The molecule has 0 unspecified atom stereocenters. The third-order valence-electron chi connectivity index (χ3n) is 5.24. The molecule has 1 fully saturated rings. The molecule has 6 heteroatoms. The Bertz CT molecular complexity index is 944. The Morgan fingerprint density at radius 3 is 2.79 bits per heavy atom. The molecule has 0 aliphatic carbocycles. The Hall–Kier alpha value is -2.44. The summed E-state index contributed by atoms with van der Waals surface area (Å²) >= 11 is 1.80. The van der Waals surface area contributed by atoms with E-state index < -0.39 is 0 Å². The summed E-state index contributed by atoms with van der Waals surface area (Å²) in [6, 6.07) is 14.1. The summed E-state index contributed by atoms with van der Waals surface area (Å²) in [6.45, 7) is 4.24. The fraction of sp³-hybridized carbons (Fsp3) is 0.364. The number of nitrogens with one attached hydrogen (secondary N) is 1. The number of likely N-dealkylation sites (tertiary alicyclic amines) is 1. The Labute approximate surface area is 169 Å². The second-order valence-electron chi connectivity index (χ2n) is 7.32. The van der Waals surface area contributed by atoms with Crippen molar-refractivity contribution in [3.8, 4) is 5.75 Å². The van der Waals surface area contributed by atoms with Crippen molar-refractivity contribution in [2.45, 2.75) is 25.7 Å². The van der Waals surface area contributed by atoms with Gasteiger partial charge in [0.2, 0.25) is 5.91 Å². The molecular weight excluding hydrogens is 370 g/mol. The predicted octanol–water partition coefficient (Wildman–Crippen LogP) is 4.43. The smallest absolute Gasteiger partial charge is 0.238 e. The van der Waals surface area contributed by atoms with Gasteiger partial charge in [-0.05, 0) is 62.7 Å². The molecule has 1 aromatic heterocycles. The Kier molecular flexibility index (Phi) is 5.59. The molecule has 0 bridgehead atoms. The zero-order chi connectivity index (χ0) is 19.5. The number of anilines is 1. The Balaban J connectivity index is 1.33. The van der Waals surface area contributed by atoms with E-state index in [9.17, 15) is 4.79 Å². The summed E-state index contributed by atoms with van der Waals surface area (Å²) in [4.78, 5) is 19.5. The van der Waals surface area contributed by atoms with Crippen LogP contribution in [0, 0.1) is 6.92 Å². The SMILES string of the molecule is COc1ccc(C)cc1NC(=O)CN1CCC(c2nc3ccccc3s2)CC1. The van der Waals surface area contributed by atoms with Crippen LogP contribution in [0.2, 0.25) is 0 Å². The quantitative estimate of drug-likeness (QED) is 0.694. The number of ether oxygens (including phenoxy) is 1. The number of carbonyl (C=O) groups is 1. The number of aryl methyl sites for hydroxylation is 1. The van der Waals surface area contributed by atoms with Crippen LogP contribution >= 0.6 is 11.3 Å². The largest absolute Gasteiger partial charge is 0.495 e. The second kappa shape index (κ2) is 8.29. The van der Waals surface area contributed by atoms with Crippen LogP contribution in [0.4, 0.5) is 5.69 Å². The molecule has 2 aromatic carbocycles. The average molecular weight is 396 g/mol. The van der Waals surface area contributed by atoms with Crippen molar-refractivity contribution >= 4 is 33.1 Å². The maximum atomic E-state index is 12.5. The van der Waals surface area contributed by atoms with Crippen LogP contribution < -0.4 is 10.1 Å². The lowest BCUT2D eigenvalue weighted by Gasteiger charge is -2.30. The van der Waals surface area contributed by atoms with E-state index in [0.29, 0.717) is 18.2 Å². The van der Waals surface area contributed by atoms with Crippen LogP contribution in [0.1, 0.15) is 29.3 Å². The molecule has 3 aromatic rings. The molecule has 0 spiro atoms. The van der Waals surface area contributed by atoms with Crippen LogP contribution in [-0.4, -0.2) is 42.5 Å². The van der Waals surface area contributed by atoms with Crippen molar-refractivity contribution in [3.63, 3.8) is 0 Å². The molecule has 5 nitrogen and oxygen atoms in total. The molecule has 0 saturated carbocycles. The molecule has 1 aliphatic rings. The maximum Gasteiger partial charge on any atom is 0.238 e. The van der Waals surface area contributed by atoms with Crippen molar-refractivity contribution in [3.05, 3.63) is 53.0 Å². The van der Waals surface area contributed by atoms with Crippen LogP contribution in [-0.2, 0) is 4.79 Å². The maximum absolute atomic E-state index is 12.5. The number of hydrogen-bond acceptors (Lipinski definition) is 5. The number of aromatic nitrogens is 1. The fourth-order valence-electron chi connectivity index (χ4n) is 3.72. The van der Waals surface area contributed by atoms with Gasteiger partial charge in [-0.15, -0.1) is 11.3 Å². The first kappa shape index (κ1) is 18.9. The second-order valence-corrected chi connectivity index (χ2v) is 8.38. The molecule has 0 atom stereocenters. The molecule has 4 rings (SSSR count). The highest BCUT2D eigenvalue weighted by atomic mass is 32.1. The molecule has 1 aliphatic heterocycles. The number of benzene rings is 2. The highest BCUT2D eigenvalue weighted by Crippen LogP contribution is 2.33. The number of piperidine rings is 1. The van der Waals surface area contributed by atoms with Crippen molar-refractivity contribution in [2.24, 2.45) is 0 Å². The number of methoxy groups -OCH3 is 1. The van der Waals surface area contributed by atoms with E-state index in [-0.39, 0.29) is 5.91 Å². The van der Waals surface area contributed by atoms with Crippen molar-refractivity contribution < 1.29 is 9.53 Å². The number of thiazole rings is 1. The minimum absolute atomic E-state index is 0.00216. The lowest BCUT2D eigenvalue weighted by atomic mass is 9.97. The first-order valence-corrected chi connectivity index (χ1v) is 10.5. The summed E-state index contributed by atoms with van der Waals surface area (Å²) < 4.78 is 6.60. The first-order chi connectivity index (χ1) is 13.6. The van der Waals surface area contributed by atoms with Gasteiger partial charge in [0.05, 0.1) is 34.6 Å². The van der Waals surface area contributed by atoms with Crippen LogP contribution in [0.25, 0.3) is 10.2 Å². The summed E-state index contributed by atoms with van der Waals surface area (Å²) in [5, 5.41) is 4.23. The van der Waals surface area contributed by atoms with Crippen molar-refractivity contribution in [1.82, 2.24) is 9.88 Å². The van der Waals surface area contributed by atoms with Crippen LogP contribution in [0.3, 0.4) is 0 Å². The number of carbonyl (C=O) groups excluding carboxylic acids is 1. The van der Waals surface area contributed by atoms with Crippen molar-refractivity contribution in [1.29, 1.82) is 0 Å². The van der Waals surface area contributed by atoms with Gasteiger partial charge >= 0.3 is 0 Å². The molecular formula is C22H25N3O2S. The van der Waals surface area contributed by atoms with Gasteiger partial charge in [0, 0.05) is 5.92 Å². The highest BCUT2D eigenvalue weighted by molar-refractivity contribution is 7.18. The zero-order valence-corrected chi connectivity index (χ0v) is 17.1. The fourth-order valence-corrected chi connectivity index (χ4v) is 4.85. The summed E-state index contributed by atoms with van der Waals surface area (Å²) in [5.74, 6) is 1.18. The Morgan fingerprint density at radius 1 is 1.25 bits per heavy atom.